The number of hydrogen-bond donors (Lipinski definition) is 1. The average molecular weight is 481 g/mol. The fourth-order valence-electron chi connectivity index (χ4n) is 2.70. The van der Waals surface area contributed by atoms with E-state index in [-0.39, 0.29) is 6.61 Å². The molecule has 0 aliphatic carbocycles. The van der Waals surface area contributed by atoms with E-state index in [1.165, 1.54) is 6.21 Å². The lowest BCUT2D eigenvalue weighted by Gasteiger charge is -2.09. The first-order valence-electron chi connectivity index (χ1n) is 9.50. The van der Waals surface area contributed by atoms with Crippen LogP contribution in [0, 0.1) is 13.8 Å². The second kappa shape index (κ2) is 10.5. The summed E-state index contributed by atoms with van der Waals surface area (Å²) in [5, 5.41) is 3.95. The summed E-state index contributed by atoms with van der Waals surface area (Å²) in [7, 11) is 0. The minimum Gasteiger partial charge on any atom is -0.484 e. The van der Waals surface area contributed by atoms with Gasteiger partial charge in [-0.1, -0.05) is 45.8 Å². The summed E-state index contributed by atoms with van der Waals surface area (Å²) in [4.78, 5) is 24.5. The molecule has 3 aromatic carbocycles. The van der Waals surface area contributed by atoms with Crippen LogP contribution in [0.1, 0.15) is 27.0 Å². The van der Waals surface area contributed by atoms with Gasteiger partial charge in [-0.2, -0.15) is 5.10 Å². The first-order valence-corrected chi connectivity index (χ1v) is 10.3. The first-order chi connectivity index (χ1) is 14.9. The third kappa shape index (κ3) is 6.79. The van der Waals surface area contributed by atoms with Crippen LogP contribution in [0.15, 0.2) is 76.3 Å². The molecule has 6 nitrogen and oxygen atoms in total. The number of benzene rings is 3. The molecule has 0 bridgehead atoms. The van der Waals surface area contributed by atoms with Crippen LogP contribution < -0.4 is 14.9 Å². The molecule has 0 radical (unpaired) electrons. The monoisotopic (exact) mass is 480 g/mol. The number of esters is 1. The lowest BCUT2D eigenvalue weighted by Crippen LogP contribution is -2.24. The van der Waals surface area contributed by atoms with Crippen molar-refractivity contribution in [2.24, 2.45) is 5.10 Å². The molecule has 0 aliphatic rings. The zero-order chi connectivity index (χ0) is 22.2. The fraction of sp³-hybridized carbons (Fsp3) is 0.125. The van der Waals surface area contributed by atoms with Crippen LogP contribution in [0.5, 0.6) is 11.5 Å². The molecule has 0 aliphatic heterocycles. The topological polar surface area (TPSA) is 77.0 Å². The van der Waals surface area contributed by atoms with Crippen molar-refractivity contribution in [2.75, 3.05) is 6.61 Å². The Morgan fingerprint density at radius 2 is 1.74 bits per heavy atom. The molecule has 0 aromatic heterocycles. The van der Waals surface area contributed by atoms with E-state index >= 15 is 0 Å². The molecule has 158 valence electrons. The Kier molecular flexibility index (Phi) is 7.56. The minimum atomic E-state index is -0.476. The largest absolute Gasteiger partial charge is 0.484 e. The van der Waals surface area contributed by atoms with Gasteiger partial charge in [-0.05, 0) is 61.9 Å². The molecular weight excluding hydrogens is 460 g/mol. The van der Waals surface area contributed by atoms with E-state index in [2.05, 4.69) is 26.5 Å². The van der Waals surface area contributed by atoms with Gasteiger partial charge in [0.25, 0.3) is 5.91 Å². The number of amides is 1. The van der Waals surface area contributed by atoms with Crippen LogP contribution in [0.3, 0.4) is 0 Å². The molecule has 0 saturated heterocycles. The summed E-state index contributed by atoms with van der Waals surface area (Å²) < 4.78 is 11.7. The highest BCUT2D eigenvalue weighted by Gasteiger charge is 2.12. The van der Waals surface area contributed by atoms with Crippen LogP contribution in [0.25, 0.3) is 0 Å². The van der Waals surface area contributed by atoms with Gasteiger partial charge in [-0.25, -0.2) is 10.2 Å². The zero-order valence-corrected chi connectivity index (χ0v) is 18.7. The third-order valence-corrected chi connectivity index (χ3v) is 4.67. The summed E-state index contributed by atoms with van der Waals surface area (Å²) in [6.45, 7) is 3.67. The van der Waals surface area contributed by atoms with E-state index in [0.29, 0.717) is 22.6 Å². The van der Waals surface area contributed by atoms with Gasteiger partial charge >= 0.3 is 5.97 Å². The van der Waals surface area contributed by atoms with Crippen molar-refractivity contribution in [1.29, 1.82) is 0 Å². The highest BCUT2D eigenvalue weighted by atomic mass is 79.9. The molecule has 1 amide bonds. The quantitative estimate of drug-likeness (QED) is 0.227. The molecule has 0 atom stereocenters. The second-order valence-corrected chi connectivity index (χ2v) is 7.76. The minimum absolute atomic E-state index is 0.172. The Labute approximate surface area is 189 Å². The van der Waals surface area contributed by atoms with Gasteiger partial charge < -0.3 is 9.47 Å². The SMILES string of the molecule is Cc1cccc(OCC(=O)N/N=C\c2cc(Br)ccc2OC(=O)c2cccc(C)c2)c1. The van der Waals surface area contributed by atoms with Gasteiger partial charge in [0.1, 0.15) is 11.5 Å². The Bertz CT molecular complexity index is 1130. The molecular formula is C24H21BrN2O4. The van der Waals surface area contributed by atoms with E-state index in [0.717, 1.165) is 15.6 Å². The maximum Gasteiger partial charge on any atom is 0.343 e. The van der Waals surface area contributed by atoms with Gasteiger partial charge in [0.2, 0.25) is 0 Å². The van der Waals surface area contributed by atoms with Gasteiger partial charge in [-0.3, -0.25) is 4.79 Å². The number of aryl methyl sites for hydroxylation is 2. The Morgan fingerprint density at radius 1 is 1.00 bits per heavy atom. The summed E-state index contributed by atoms with van der Waals surface area (Å²) in [6, 6.07) is 19.7. The molecule has 7 heteroatoms. The Morgan fingerprint density at radius 3 is 2.48 bits per heavy atom. The first kappa shape index (κ1) is 22.2. The lowest BCUT2D eigenvalue weighted by molar-refractivity contribution is -0.123. The Hall–Kier alpha value is -3.45. The second-order valence-electron chi connectivity index (χ2n) is 6.84. The molecule has 3 rings (SSSR count). The number of rotatable bonds is 7. The highest BCUT2D eigenvalue weighted by molar-refractivity contribution is 9.10. The summed E-state index contributed by atoms with van der Waals surface area (Å²) in [5.74, 6) is 0.0440. The number of nitrogens with zero attached hydrogens (tertiary/aromatic N) is 1. The molecule has 0 spiro atoms. The zero-order valence-electron chi connectivity index (χ0n) is 17.1. The molecule has 0 unspecified atom stereocenters. The number of carbonyl (C=O) groups is 2. The van der Waals surface area contributed by atoms with E-state index in [1.54, 1.807) is 42.5 Å². The van der Waals surface area contributed by atoms with Crippen molar-refractivity contribution in [2.45, 2.75) is 13.8 Å². The highest BCUT2D eigenvalue weighted by Crippen LogP contribution is 2.23. The smallest absolute Gasteiger partial charge is 0.343 e. The van der Waals surface area contributed by atoms with Crippen LogP contribution >= 0.6 is 15.9 Å². The maximum atomic E-state index is 12.5. The predicted octanol–water partition coefficient (Wildman–Crippen LogP) is 4.81. The number of hydrazone groups is 1. The van der Waals surface area contributed by atoms with Crippen molar-refractivity contribution in [1.82, 2.24) is 5.43 Å². The van der Waals surface area contributed by atoms with E-state index < -0.39 is 11.9 Å². The molecule has 1 N–H and O–H groups in total. The number of ether oxygens (including phenoxy) is 2. The number of carbonyl (C=O) groups excluding carboxylic acids is 2. The molecule has 31 heavy (non-hydrogen) atoms. The average Bonchev–Trinajstić information content (AvgIpc) is 2.74. The van der Waals surface area contributed by atoms with E-state index in [4.69, 9.17) is 9.47 Å². The van der Waals surface area contributed by atoms with Gasteiger partial charge in [0.05, 0.1) is 11.8 Å². The summed E-state index contributed by atoms with van der Waals surface area (Å²) in [6.07, 6.45) is 1.41. The Balaban J connectivity index is 1.62. The molecule has 0 saturated carbocycles. The molecule has 3 aromatic rings. The predicted molar refractivity (Wildman–Crippen MR) is 123 cm³/mol. The van der Waals surface area contributed by atoms with Crippen molar-refractivity contribution < 1.29 is 19.1 Å². The summed E-state index contributed by atoms with van der Waals surface area (Å²) >= 11 is 3.38. The molecule has 0 fully saturated rings. The third-order valence-electron chi connectivity index (χ3n) is 4.18. The molecule has 0 heterocycles. The number of nitrogens with one attached hydrogen (secondary N) is 1. The fourth-order valence-corrected chi connectivity index (χ4v) is 3.08. The normalized spacial score (nSPS) is 10.7. The van der Waals surface area contributed by atoms with Crippen LogP contribution in [-0.4, -0.2) is 24.7 Å². The summed E-state index contributed by atoms with van der Waals surface area (Å²) in [5.41, 5.74) is 5.38. The van der Waals surface area contributed by atoms with Crippen molar-refractivity contribution in [3.63, 3.8) is 0 Å². The standard InChI is InChI=1S/C24H21BrN2O4/c1-16-5-3-7-18(11-16)24(29)31-22-10-9-20(25)13-19(22)14-26-27-23(28)15-30-21-8-4-6-17(2)12-21/h3-14H,15H2,1-2H3,(H,27,28)/b26-14-. The van der Waals surface area contributed by atoms with E-state index in [9.17, 15) is 9.59 Å². The van der Waals surface area contributed by atoms with Gasteiger partial charge in [-0.15, -0.1) is 0 Å². The van der Waals surface area contributed by atoms with Gasteiger partial charge in [0, 0.05) is 10.0 Å². The van der Waals surface area contributed by atoms with Crippen LogP contribution in [-0.2, 0) is 4.79 Å². The van der Waals surface area contributed by atoms with Crippen molar-refractivity contribution in [3.8, 4) is 11.5 Å². The van der Waals surface area contributed by atoms with E-state index in [1.807, 2.05) is 38.1 Å². The van der Waals surface area contributed by atoms with Crippen LogP contribution in [0.4, 0.5) is 0 Å². The lowest BCUT2D eigenvalue weighted by atomic mass is 10.1. The van der Waals surface area contributed by atoms with Crippen molar-refractivity contribution >= 4 is 34.0 Å². The van der Waals surface area contributed by atoms with Gasteiger partial charge in [0.15, 0.2) is 6.61 Å². The number of halogens is 1. The van der Waals surface area contributed by atoms with Crippen LogP contribution in [0.2, 0.25) is 0 Å². The number of hydrogen-bond acceptors (Lipinski definition) is 5. The van der Waals surface area contributed by atoms with Crippen molar-refractivity contribution in [3.05, 3.63) is 93.5 Å². The maximum absolute atomic E-state index is 12.5.